The second-order valence-electron chi connectivity index (χ2n) is 8.13. The predicted molar refractivity (Wildman–Crippen MR) is 126 cm³/mol. The van der Waals surface area contributed by atoms with E-state index in [-0.39, 0.29) is 17.9 Å². The number of carbonyl (C=O) groups excluding carboxylic acids is 1. The number of aromatic amines is 1. The molecule has 4 N–H and O–H groups in total. The number of halogens is 5. The van der Waals surface area contributed by atoms with Gasteiger partial charge in [0.2, 0.25) is 0 Å². The Kier molecular flexibility index (Phi) is 7.25. The number of rotatable bonds is 8. The summed E-state index contributed by atoms with van der Waals surface area (Å²) in [5.41, 5.74) is 7.43. The highest BCUT2D eigenvalue weighted by atomic mass is 19.4. The molecular weight excluding hydrogens is 481 g/mol. The Labute approximate surface area is 203 Å². The van der Waals surface area contributed by atoms with Crippen molar-refractivity contribution in [3.05, 3.63) is 89.6 Å². The molecule has 0 saturated carbocycles. The summed E-state index contributed by atoms with van der Waals surface area (Å²) in [6.07, 6.45) is -2.30. The molecule has 0 aliphatic rings. The number of alkyl halides is 5. The minimum absolute atomic E-state index is 0.0783. The van der Waals surface area contributed by atoms with Gasteiger partial charge in [0.05, 0.1) is 11.1 Å². The molecular formula is C26H22F5N3O2. The van der Waals surface area contributed by atoms with E-state index >= 15 is 0 Å². The van der Waals surface area contributed by atoms with Gasteiger partial charge in [0.1, 0.15) is 5.75 Å². The molecule has 4 aromatic rings. The highest BCUT2D eigenvalue weighted by Crippen LogP contribution is 2.33. The lowest BCUT2D eigenvalue weighted by molar-refractivity contribution is -0.137. The molecule has 0 saturated heterocycles. The van der Waals surface area contributed by atoms with Gasteiger partial charge in [-0.25, -0.2) is 0 Å². The highest BCUT2D eigenvalue weighted by Gasteiger charge is 2.30. The number of hydrogen-bond acceptors (Lipinski definition) is 3. The van der Waals surface area contributed by atoms with Crippen molar-refractivity contribution in [1.29, 1.82) is 0 Å². The van der Waals surface area contributed by atoms with Crippen molar-refractivity contribution >= 4 is 16.8 Å². The maximum atomic E-state index is 13.1. The first-order valence-electron chi connectivity index (χ1n) is 11.0. The Morgan fingerprint density at radius 2 is 1.69 bits per heavy atom. The summed E-state index contributed by atoms with van der Waals surface area (Å²) in [6, 6.07) is 15.3. The Hall–Kier alpha value is -3.92. The van der Waals surface area contributed by atoms with Crippen LogP contribution >= 0.6 is 0 Å². The number of nitrogens with two attached hydrogens (primary N) is 1. The summed E-state index contributed by atoms with van der Waals surface area (Å²) in [5, 5.41) is 3.72. The van der Waals surface area contributed by atoms with Gasteiger partial charge in [0.25, 0.3) is 5.91 Å². The molecule has 0 bridgehead atoms. The van der Waals surface area contributed by atoms with E-state index in [9.17, 15) is 26.7 Å². The summed E-state index contributed by atoms with van der Waals surface area (Å²) in [4.78, 5) is 16.3. The maximum absolute atomic E-state index is 13.1. The van der Waals surface area contributed by atoms with Crippen LogP contribution in [0.2, 0.25) is 0 Å². The molecule has 5 nitrogen and oxygen atoms in total. The standard InChI is InChI=1S/C26H22F5N3O2/c27-25(28)36-23-10-7-16(15-5-8-18(9-6-15)26(29,30)31)12-21(23)24(35)34-19(13-32)11-17-14-33-22-4-2-1-3-20(17)22/h1-10,12,14,19,25,33H,11,13,32H2,(H,34,35). The molecule has 0 radical (unpaired) electrons. The Balaban J connectivity index is 1.60. The number of hydrogen-bond donors (Lipinski definition) is 3. The van der Waals surface area contributed by atoms with Crippen LogP contribution in [-0.2, 0) is 12.6 Å². The van der Waals surface area contributed by atoms with Crippen LogP contribution < -0.4 is 15.8 Å². The van der Waals surface area contributed by atoms with Gasteiger partial charge in [-0.15, -0.1) is 0 Å². The largest absolute Gasteiger partial charge is 0.434 e. The van der Waals surface area contributed by atoms with E-state index < -0.39 is 30.3 Å². The van der Waals surface area contributed by atoms with Crippen molar-refractivity contribution in [2.45, 2.75) is 25.3 Å². The highest BCUT2D eigenvalue weighted by molar-refractivity contribution is 5.98. The zero-order valence-corrected chi connectivity index (χ0v) is 18.8. The summed E-state index contributed by atoms with van der Waals surface area (Å²) in [7, 11) is 0. The summed E-state index contributed by atoms with van der Waals surface area (Å²) >= 11 is 0. The van der Waals surface area contributed by atoms with Crippen LogP contribution in [0.1, 0.15) is 21.5 Å². The smallest absolute Gasteiger partial charge is 0.416 e. The molecule has 1 amide bonds. The normalized spacial score (nSPS) is 12.6. The number of benzene rings is 3. The molecule has 0 aliphatic carbocycles. The van der Waals surface area contributed by atoms with Crippen LogP contribution in [0, 0.1) is 0 Å². The second-order valence-corrected chi connectivity index (χ2v) is 8.13. The molecule has 4 rings (SSSR count). The van der Waals surface area contributed by atoms with E-state index in [2.05, 4.69) is 15.0 Å². The number of carbonyl (C=O) groups is 1. The molecule has 0 spiro atoms. The predicted octanol–water partition coefficient (Wildman–Crippen LogP) is 5.75. The first-order valence-corrected chi connectivity index (χ1v) is 11.0. The lowest BCUT2D eigenvalue weighted by atomic mass is 10.00. The fourth-order valence-electron chi connectivity index (χ4n) is 3.96. The lowest BCUT2D eigenvalue weighted by Gasteiger charge is -2.19. The number of amides is 1. The molecule has 36 heavy (non-hydrogen) atoms. The van der Waals surface area contributed by atoms with Crippen molar-refractivity contribution in [3.63, 3.8) is 0 Å². The maximum Gasteiger partial charge on any atom is 0.416 e. The lowest BCUT2D eigenvalue weighted by Crippen LogP contribution is -2.41. The minimum atomic E-state index is -4.50. The average Bonchev–Trinajstić information content (AvgIpc) is 3.25. The second kappa shape index (κ2) is 10.4. The topological polar surface area (TPSA) is 80.1 Å². The van der Waals surface area contributed by atoms with Crippen LogP contribution in [-0.4, -0.2) is 30.1 Å². The van der Waals surface area contributed by atoms with Gasteiger partial charge >= 0.3 is 12.8 Å². The number of aromatic nitrogens is 1. The number of ether oxygens (including phenoxy) is 1. The molecule has 1 heterocycles. The van der Waals surface area contributed by atoms with E-state index in [4.69, 9.17) is 5.73 Å². The molecule has 1 aromatic heterocycles. The van der Waals surface area contributed by atoms with Gasteiger partial charge in [-0.3, -0.25) is 4.79 Å². The number of fused-ring (bicyclic) bond motifs is 1. The van der Waals surface area contributed by atoms with Crippen LogP contribution in [0.4, 0.5) is 22.0 Å². The van der Waals surface area contributed by atoms with Crippen LogP contribution in [0.25, 0.3) is 22.0 Å². The van der Waals surface area contributed by atoms with E-state index in [1.165, 1.54) is 30.3 Å². The zero-order valence-electron chi connectivity index (χ0n) is 18.8. The monoisotopic (exact) mass is 503 g/mol. The zero-order chi connectivity index (χ0) is 25.9. The summed E-state index contributed by atoms with van der Waals surface area (Å²) in [5.74, 6) is -1.06. The van der Waals surface area contributed by atoms with Gasteiger partial charge in [0, 0.05) is 29.7 Å². The van der Waals surface area contributed by atoms with Gasteiger partial charge in [-0.2, -0.15) is 22.0 Å². The summed E-state index contributed by atoms with van der Waals surface area (Å²) in [6.45, 7) is -3.10. The van der Waals surface area contributed by atoms with E-state index in [0.717, 1.165) is 28.6 Å². The molecule has 10 heteroatoms. The Bertz CT molecular complexity index is 1350. The van der Waals surface area contributed by atoms with Crippen molar-refractivity contribution in [2.75, 3.05) is 6.54 Å². The van der Waals surface area contributed by atoms with Crippen molar-refractivity contribution in [1.82, 2.24) is 10.3 Å². The van der Waals surface area contributed by atoms with Gasteiger partial charge in [-0.1, -0.05) is 36.4 Å². The molecule has 0 aliphatic heterocycles. The minimum Gasteiger partial charge on any atom is -0.434 e. The SMILES string of the molecule is NCC(Cc1c[nH]c2ccccc12)NC(=O)c1cc(-c2ccc(C(F)(F)F)cc2)ccc1OC(F)F. The number of para-hydroxylation sites is 1. The third-order valence-corrected chi connectivity index (χ3v) is 5.75. The van der Waals surface area contributed by atoms with Gasteiger partial charge in [0.15, 0.2) is 0 Å². The molecule has 1 unspecified atom stereocenters. The Morgan fingerprint density at radius 3 is 2.36 bits per heavy atom. The quantitative estimate of drug-likeness (QED) is 0.268. The first kappa shape index (κ1) is 25.2. The average molecular weight is 503 g/mol. The van der Waals surface area contributed by atoms with Crippen molar-refractivity contribution in [3.8, 4) is 16.9 Å². The molecule has 3 aromatic carbocycles. The Morgan fingerprint density at radius 1 is 1.00 bits per heavy atom. The van der Waals surface area contributed by atoms with Crippen LogP contribution in [0.15, 0.2) is 72.9 Å². The van der Waals surface area contributed by atoms with E-state index in [0.29, 0.717) is 17.5 Å². The number of nitrogens with one attached hydrogen (secondary N) is 2. The fraction of sp³-hybridized carbons (Fsp3) is 0.192. The van der Waals surface area contributed by atoms with Crippen LogP contribution in [0.3, 0.4) is 0 Å². The van der Waals surface area contributed by atoms with Crippen LogP contribution in [0.5, 0.6) is 5.75 Å². The fourth-order valence-corrected chi connectivity index (χ4v) is 3.96. The third-order valence-electron chi connectivity index (χ3n) is 5.75. The molecule has 188 valence electrons. The van der Waals surface area contributed by atoms with E-state index in [1.54, 1.807) is 0 Å². The molecule has 0 fully saturated rings. The van der Waals surface area contributed by atoms with Gasteiger partial charge < -0.3 is 20.8 Å². The van der Waals surface area contributed by atoms with E-state index in [1.807, 2.05) is 30.5 Å². The first-order chi connectivity index (χ1) is 17.2. The van der Waals surface area contributed by atoms with Gasteiger partial charge in [-0.05, 0) is 53.4 Å². The van der Waals surface area contributed by atoms with Crippen molar-refractivity contribution < 1.29 is 31.5 Å². The summed E-state index contributed by atoms with van der Waals surface area (Å²) < 4.78 is 69.2. The number of H-pyrrole nitrogens is 1. The molecule has 1 atom stereocenters. The third kappa shape index (κ3) is 5.65. The van der Waals surface area contributed by atoms with Crippen molar-refractivity contribution in [2.24, 2.45) is 5.73 Å².